The topological polar surface area (TPSA) is 12.0 Å². The second-order valence-electron chi connectivity index (χ2n) is 4.39. The summed E-state index contributed by atoms with van der Waals surface area (Å²) in [5, 5.41) is 7.45. The summed E-state index contributed by atoms with van der Waals surface area (Å²) in [6.45, 7) is 0.647. The van der Waals surface area contributed by atoms with E-state index in [0.29, 0.717) is 12.2 Å². The highest BCUT2D eigenvalue weighted by molar-refractivity contribution is 7.14. The normalized spacial score (nSPS) is 10.8. The highest BCUT2D eigenvalue weighted by Gasteiger charge is 2.08. The highest BCUT2D eigenvalue weighted by atomic mass is 35.5. The van der Waals surface area contributed by atoms with E-state index in [2.05, 4.69) is 28.2 Å². The van der Waals surface area contributed by atoms with Crippen molar-refractivity contribution in [1.29, 1.82) is 0 Å². The van der Waals surface area contributed by atoms with Crippen LogP contribution in [0, 0.1) is 5.82 Å². The molecule has 0 saturated carbocycles. The Balaban J connectivity index is 1.71. The van der Waals surface area contributed by atoms with E-state index in [9.17, 15) is 4.39 Å². The van der Waals surface area contributed by atoms with Crippen LogP contribution < -0.4 is 5.32 Å². The number of thiophene rings is 2. The summed E-state index contributed by atoms with van der Waals surface area (Å²) < 4.78 is 13.3. The molecule has 6 heteroatoms. The SMILES string of the molecule is Fc1c(Cl)cc(NCc2cc(-c3cccs3)cs2)cc1Cl. The maximum atomic E-state index is 13.3. The lowest BCUT2D eigenvalue weighted by Gasteiger charge is -2.07. The lowest BCUT2D eigenvalue weighted by molar-refractivity contribution is 0.629. The first-order chi connectivity index (χ1) is 10.1. The molecule has 3 aromatic rings. The Bertz CT molecular complexity index is 730. The minimum absolute atomic E-state index is 0.0236. The van der Waals surface area contributed by atoms with Crippen LogP contribution in [-0.4, -0.2) is 0 Å². The van der Waals surface area contributed by atoms with E-state index >= 15 is 0 Å². The summed E-state index contributed by atoms with van der Waals surface area (Å²) in [4.78, 5) is 2.44. The van der Waals surface area contributed by atoms with Crippen molar-refractivity contribution in [2.45, 2.75) is 6.54 Å². The molecule has 1 aromatic carbocycles. The van der Waals surface area contributed by atoms with Crippen LogP contribution in [0.5, 0.6) is 0 Å². The first kappa shape index (κ1) is 14.9. The van der Waals surface area contributed by atoms with Gasteiger partial charge in [0.2, 0.25) is 0 Å². The van der Waals surface area contributed by atoms with E-state index in [4.69, 9.17) is 23.2 Å². The van der Waals surface area contributed by atoms with E-state index < -0.39 is 5.82 Å². The Morgan fingerprint density at radius 3 is 2.52 bits per heavy atom. The van der Waals surface area contributed by atoms with Crippen LogP contribution in [0.3, 0.4) is 0 Å². The van der Waals surface area contributed by atoms with Gasteiger partial charge in [-0.15, -0.1) is 22.7 Å². The molecular formula is C15H10Cl2FNS2. The second kappa shape index (κ2) is 6.36. The van der Waals surface area contributed by atoms with Gasteiger partial charge in [-0.2, -0.15) is 0 Å². The van der Waals surface area contributed by atoms with Crippen molar-refractivity contribution in [1.82, 2.24) is 0 Å². The van der Waals surface area contributed by atoms with Gasteiger partial charge < -0.3 is 5.32 Å². The average Bonchev–Trinajstić information content (AvgIpc) is 3.12. The van der Waals surface area contributed by atoms with Crippen molar-refractivity contribution in [2.24, 2.45) is 0 Å². The van der Waals surface area contributed by atoms with Gasteiger partial charge in [0, 0.05) is 27.5 Å². The average molecular weight is 358 g/mol. The van der Waals surface area contributed by atoms with Gasteiger partial charge in [0.1, 0.15) is 0 Å². The Morgan fingerprint density at radius 1 is 1.10 bits per heavy atom. The van der Waals surface area contributed by atoms with Crippen molar-refractivity contribution >= 4 is 51.6 Å². The molecule has 0 fully saturated rings. The molecule has 2 aromatic heterocycles. The van der Waals surface area contributed by atoms with Crippen molar-refractivity contribution in [2.75, 3.05) is 5.32 Å². The number of halogens is 3. The summed E-state index contributed by atoms with van der Waals surface area (Å²) in [5.41, 5.74) is 1.93. The predicted molar refractivity (Wildman–Crippen MR) is 91.4 cm³/mol. The number of hydrogen-bond donors (Lipinski definition) is 1. The van der Waals surface area contributed by atoms with Crippen LogP contribution in [-0.2, 0) is 6.54 Å². The Hall–Kier alpha value is -1.07. The molecule has 0 saturated heterocycles. The lowest BCUT2D eigenvalue weighted by Crippen LogP contribution is -1.98. The van der Waals surface area contributed by atoms with Crippen LogP contribution >= 0.6 is 45.9 Å². The highest BCUT2D eigenvalue weighted by Crippen LogP contribution is 2.31. The first-order valence-corrected chi connectivity index (χ1v) is 8.65. The minimum Gasteiger partial charge on any atom is -0.380 e. The molecule has 0 atom stereocenters. The van der Waals surface area contributed by atoms with Crippen molar-refractivity contribution in [3.63, 3.8) is 0 Å². The molecule has 0 aliphatic rings. The van der Waals surface area contributed by atoms with Gasteiger partial charge >= 0.3 is 0 Å². The second-order valence-corrected chi connectivity index (χ2v) is 7.14. The van der Waals surface area contributed by atoms with Gasteiger partial charge in [-0.1, -0.05) is 29.3 Å². The van der Waals surface area contributed by atoms with Crippen molar-refractivity contribution in [3.8, 4) is 10.4 Å². The van der Waals surface area contributed by atoms with Gasteiger partial charge in [-0.25, -0.2) is 4.39 Å². The summed E-state index contributed by atoms with van der Waals surface area (Å²) >= 11 is 15.0. The molecule has 0 radical (unpaired) electrons. The monoisotopic (exact) mass is 357 g/mol. The van der Waals surface area contributed by atoms with E-state index in [1.54, 1.807) is 22.7 Å². The third-order valence-electron chi connectivity index (χ3n) is 2.91. The quantitative estimate of drug-likeness (QED) is 0.523. The van der Waals surface area contributed by atoms with Crippen molar-refractivity contribution < 1.29 is 4.39 Å². The molecule has 0 spiro atoms. The van der Waals surface area contributed by atoms with Crippen LogP contribution in [0.2, 0.25) is 10.0 Å². The Kier molecular flexibility index (Phi) is 4.50. The van der Waals surface area contributed by atoms with Gasteiger partial charge in [-0.3, -0.25) is 0 Å². The van der Waals surface area contributed by atoms with Gasteiger partial charge in [0.15, 0.2) is 5.82 Å². The smallest absolute Gasteiger partial charge is 0.160 e. The van der Waals surface area contributed by atoms with E-state index in [1.165, 1.54) is 27.5 Å². The molecule has 108 valence electrons. The van der Waals surface area contributed by atoms with Crippen LogP contribution in [0.1, 0.15) is 4.88 Å². The summed E-state index contributed by atoms with van der Waals surface area (Å²) in [7, 11) is 0. The molecule has 2 heterocycles. The first-order valence-electron chi connectivity index (χ1n) is 6.13. The molecule has 0 unspecified atom stereocenters. The minimum atomic E-state index is -0.583. The third kappa shape index (κ3) is 3.40. The van der Waals surface area contributed by atoms with E-state index in [0.717, 1.165) is 0 Å². The molecule has 1 nitrogen and oxygen atoms in total. The molecule has 21 heavy (non-hydrogen) atoms. The number of nitrogens with one attached hydrogen (secondary N) is 1. The van der Waals surface area contributed by atoms with E-state index in [1.807, 2.05) is 6.07 Å². The summed E-state index contributed by atoms with van der Waals surface area (Å²) in [6, 6.07) is 9.37. The fourth-order valence-electron chi connectivity index (χ4n) is 1.89. The summed E-state index contributed by atoms with van der Waals surface area (Å²) in [6.07, 6.45) is 0. The van der Waals surface area contributed by atoms with Gasteiger partial charge in [-0.05, 0) is 35.0 Å². The number of rotatable bonds is 4. The molecule has 0 bridgehead atoms. The maximum absolute atomic E-state index is 13.3. The Labute approximate surface area is 140 Å². The predicted octanol–water partition coefficient (Wildman–Crippen LogP) is 6.53. The molecule has 1 N–H and O–H groups in total. The van der Waals surface area contributed by atoms with Crippen molar-refractivity contribution in [3.05, 3.63) is 61.8 Å². The van der Waals surface area contributed by atoms with Gasteiger partial charge in [0.25, 0.3) is 0 Å². The summed E-state index contributed by atoms with van der Waals surface area (Å²) in [5.74, 6) is -0.583. The molecule has 0 amide bonds. The molecular weight excluding hydrogens is 348 g/mol. The third-order valence-corrected chi connectivity index (χ3v) is 5.32. The standard InChI is InChI=1S/C15H10Cl2FNS2/c16-12-5-10(6-13(17)15(12)18)19-7-11-4-9(8-21-11)14-2-1-3-20-14/h1-6,8,19H,7H2. The number of benzene rings is 1. The molecule has 0 aliphatic heterocycles. The largest absolute Gasteiger partial charge is 0.380 e. The number of hydrogen-bond acceptors (Lipinski definition) is 3. The zero-order valence-electron chi connectivity index (χ0n) is 10.7. The van der Waals surface area contributed by atoms with Gasteiger partial charge in [0.05, 0.1) is 10.0 Å². The lowest BCUT2D eigenvalue weighted by atomic mass is 10.2. The van der Waals surface area contributed by atoms with E-state index in [-0.39, 0.29) is 10.0 Å². The zero-order chi connectivity index (χ0) is 14.8. The fourth-order valence-corrected chi connectivity index (χ4v) is 3.99. The maximum Gasteiger partial charge on any atom is 0.160 e. The van der Waals surface area contributed by atoms with Crippen LogP contribution in [0.15, 0.2) is 41.1 Å². The van der Waals surface area contributed by atoms with Crippen LogP contribution in [0.25, 0.3) is 10.4 Å². The van der Waals surface area contributed by atoms with Crippen LogP contribution in [0.4, 0.5) is 10.1 Å². The molecule has 3 rings (SSSR count). The number of anilines is 1. The fraction of sp³-hybridized carbons (Fsp3) is 0.0667. The Morgan fingerprint density at radius 2 is 1.86 bits per heavy atom. The molecule has 0 aliphatic carbocycles. The zero-order valence-corrected chi connectivity index (χ0v) is 13.8.